The number of carbonyl (C=O) groups is 1. The fourth-order valence-electron chi connectivity index (χ4n) is 4.28. The number of thiazole rings is 1. The quantitative estimate of drug-likeness (QED) is 0.431. The van der Waals surface area contributed by atoms with Crippen molar-refractivity contribution in [1.29, 1.82) is 0 Å². The molecule has 7 nitrogen and oxygen atoms in total. The molecule has 4 rings (SSSR count). The highest BCUT2D eigenvalue weighted by Gasteiger charge is 2.29. The molecule has 0 spiro atoms. The number of anilines is 1. The summed E-state index contributed by atoms with van der Waals surface area (Å²) in [5, 5.41) is 1.23. The van der Waals surface area contributed by atoms with Crippen molar-refractivity contribution in [3.05, 3.63) is 52.5 Å². The van der Waals surface area contributed by atoms with Crippen LogP contribution in [-0.4, -0.2) is 68.8 Å². The second-order valence-corrected chi connectivity index (χ2v) is 12.8. The molecule has 0 bridgehead atoms. The van der Waals surface area contributed by atoms with Crippen molar-refractivity contribution >= 4 is 54.2 Å². The molecule has 2 aromatic carbocycles. The molecule has 0 radical (unpaired) electrons. The van der Waals surface area contributed by atoms with Crippen molar-refractivity contribution in [2.24, 2.45) is 5.92 Å². The number of benzene rings is 2. The number of hydrogen-bond donors (Lipinski definition) is 0. The molecule has 1 aliphatic rings. The molecule has 1 amide bonds. The average molecular weight is 535 g/mol. The van der Waals surface area contributed by atoms with Crippen LogP contribution in [0.1, 0.15) is 35.7 Å². The van der Waals surface area contributed by atoms with Crippen LogP contribution in [0.5, 0.6) is 0 Å². The molecule has 0 saturated carbocycles. The lowest BCUT2D eigenvalue weighted by atomic mass is 10.0. The minimum atomic E-state index is -3.58. The number of sulfonamides is 1. The van der Waals surface area contributed by atoms with E-state index < -0.39 is 10.0 Å². The zero-order valence-corrected chi connectivity index (χ0v) is 22.9. The van der Waals surface area contributed by atoms with Crippen molar-refractivity contribution < 1.29 is 13.2 Å². The van der Waals surface area contributed by atoms with Gasteiger partial charge in [-0.15, -0.1) is 0 Å². The fourth-order valence-corrected chi connectivity index (χ4v) is 7.32. The van der Waals surface area contributed by atoms with Crippen molar-refractivity contribution in [2.45, 2.75) is 31.6 Å². The first-order valence-corrected chi connectivity index (χ1v) is 14.3. The Labute approximate surface area is 216 Å². The van der Waals surface area contributed by atoms with Crippen molar-refractivity contribution in [3.63, 3.8) is 0 Å². The van der Waals surface area contributed by atoms with Gasteiger partial charge >= 0.3 is 0 Å². The fraction of sp³-hybridized carbons (Fsp3) is 0.440. The molecule has 2 heterocycles. The number of rotatable bonds is 7. The summed E-state index contributed by atoms with van der Waals surface area (Å²) >= 11 is 7.65. The standard InChI is InChI=1S/C25H31ClN4O3S2/c1-17-6-5-11-29(16-17)35(32,33)21-9-7-19(8-10-21)24(31)30(13-12-28(3)4)25-27-23-18(2)14-20(26)15-22(23)34-25/h7-10,14-15,17H,5-6,11-13,16H2,1-4H3. The number of likely N-dealkylation sites (N-methyl/N-ethyl adjacent to an activating group) is 1. The summed E-state index contributed by atoms with van der Waals surface area (Å²) in [7, 11) is 0.322. The van der Waals surface area contributed by atoms with Crippen LogP contribution in [0.3, 0.4) is 0 Å². The summed E-state index contributed by atoms with van der Waals surface area (Å²) in [6.45, 7) is 6.19. The van der Waals surface area contributed by atoms with E-state index in [1.54, 1.807) is 21.3 Å². The Morgan fingerprint density at radius 3 is 2.57 bits per heavy atom. The Bertz CT molecular complexity index is 1320. The predicted molar refractivity (Wildman–Crippen MR) is 143 cm³/mol. The number of aromatic nitrogens is 1. The third kappa shape index (κ3) is 5.70. The molecule has 1 aliphatic heterocycles. The zero-order valence-electron chi connectivity index (χ0n) is 20.5. The summed E-state index contributed by atoms with van der Waals surface area (Å²) in [4.78, 5) is 22.2. The Hall–Kier alpha value is -2.04. The molecule has 1 aromatic heterocycles. The first-order valence-electron chi connectivity index (χ1n) is 11.7. The molecule has 188 valence electrons. The van der Waals surface area contributed by atoms with Gasteiger partial charge in [-0.25, -0.2) is 13.4 Å². The average Bonchev–Trinajstić information content (AvgIpc) is 3.23. The maximum Gasteiger partial charge on any atom is 0.260 e. The van der Waals surface area contributed by atoms with Gasteiger partial charge in [0, 0.05) is 36.8 Å². The van der Waals surface area contributed by atoms with Gasteiger partial charge in [0.25, 0.3) is 5.91 Å². The van der Waals surface area contributed by atoms with Gasteiger partial charge in [0.15, 0.2) is 5.13 Å². The van der Waals surface area contributed by atoms with Gasteiger partial charge in [-0.3, -0.25) is 9.69 Å². The van der Waals surface area contributed by atoms with Crippen molar-refractivity contribution in [3.8, 4) is 0 Å². The summed E-state index contributed by atoms with van der Waals surface area (Å²) in [6, 6.07) is 9.99. The largest absolute Gasteiger partial charge is 0.308 e. The maximum absolute atomic E-state index is 13.6. The highest BCUT2D eigenvalue weighted by Crippen LogP contribution is 2.34. The lowest BCUT2D eigenvalue weighted by Gasteiger charge is -2.30. The van der Waals surface area contributed by atoms with E-state index in [-0.39, 0.29) is 10.8 Å². The normalized spacial score (nSPS) is 17.3. The molecule has 1 fully saturated rings. The number of halogens is 1. The molecule has 1 saturated heterocycles. The second-order valence-electron chi connectivity index (χ2n) is 9.46. The molecule has 1 unspecified atom stereocenters. The first kappa shape index (κ1) is 26.0. The smallest absolute Gasteiger partial charge is 0.260 e. The Balaban J connectivity index is 1.63. The van der Waals surface area contributed by atoms with Crippen LogP contribution in [0.2, 0.25) is 5.02 Å². The third-order valence-electron chi connectivity index (χ3n) is 6.24. The summed E-state index contributed by atoms with van der Waals surface area (Å²) in [5.74, 6) is 0.127. The lowest BCUT2D eigenvalue weighted by Crippen LogP contribution is -2.39. The van der Waals surface area contributed by atoms with Gasteiger partial charge < -0.3 is 4.90 Å². The van der Waals surface area contributed by atoms with Gasteiger partial charge in [-0.05, 0) is 81.7 Å². The SMILES string of the molecule is Cc1cc(Cl)cc2sc(N(CCN(C)C)C(=O)c3ccc(S(=O)(=O)N4CCCC(C)C4)cc3)nc12. The van der Waals surface area contributed by atoms with E-state index in [1.165, 1.54) is 23.5 Å². The molecule has 0 aliphatic carbocycles. The lowest BCUT2D eigenvalue weighted by molar-refractivity contribution is 0.0985. The molecule has 1 atom stereocenters. The Kier molecular flexibility index (Phi) is 7.83. The third-order valence-corrected chi connectivity index (χ3v) is 9.37. The van der Waals surface area contributed by atoms with Crippen LogP contribution in [0.15, 0.2) is 41.3 Å². The zero-order chi connectivity index (χ0) is 25.3. The minimum absolute atomic E-state index is 0.216. The van der Waals surface area contributed by atoms with Crippen LogP contribution in [0.25, 0.3) is 10.2 Å². The summed E-state index contributed by atoms with van der Waals surface area (Å²) in [5.41, 5.74) is 2.20. The number of aryl methyl sites for hydroxylation is 1. The van der Waals surface area contributed by atoms with Gasteiger partial charge in [0.1, 0.15) is 0 Å². The van der Waals surface area contributed by atoms with E-state index in [9.17, 15) is 13.2 Å². The van der Waals surface area contributed by atoms with E-state index in [2.05, 4.69) is 6.92 Å². The Morgan fingerprint density at radius 2 is 1.91 bits per heavy atom. The monoisotopic (exact) mass is 534 g/mol. The number of carbonyl (C=O) groups excluding carboxylic acids is 1. The predicted octanol–water partition coefficient (Wildman–Crippen LogP) is 4.89. The van der Waals surface area contributed by atoms with Crippen LogP contribution >= 0.6 is 22.9 Å². The second kappa shape index (κ2) is 10.5. The van der Waals surface area contributed by atoms with Crippen molar-refractivity contribution in [1.82, 2.24) is 14.2 Å². The van der Waals surface area contributed by atoms with Gasteiger partial charge in [-0.2, -0.15) is 4.31 Å². The minimum Gasteiger partial charge on any atom is -0.308 e. The van der Waals surface area contributed by atoms with Gasteiger partial charge in [-0.1, -0.05) is 29.9 Å². The van der Waals surface area contributed by atoms with E-state index in [0.717, 1.165) is 28.6 Å². The highest BCUT2D eigenvalue weighted by atomic mass is 35.5. The first-order chi connectivity index (χ1) is 16.6. The highest BCUT2D eigenvalue weighted by molar-refractivity contribution is 7.89. The Morgan fingerprint density at radius 1 is 1.20 bits per heavy atom. The van der Waals surface area contributed by atoms with E-state index in [0.29, 0.717) is 47.8 Å². The summed E-state index contributed by atoms with van der Waals surface area (Å²) < 4.78 is 28.7. The summed E-state index contributed by atoms with van der Waals surface area (Å²) in [6.07, 6.45) is 1.91. The van der Waals surface area contributed by atoms with E-state index in [1.807, 2.05) is 38.1 Å². The van der Waals surface area contributed by atoms with Crippen molar-refractivity contribution in [2.75, 3.05) is 45.2 Å². The molecule has 35 heavy (non-hydrogen) atoms. The number of nitrogens with zero attached hydrogens (tertiary/aromatic N) is 4. The maximum atomic E-state index is 13.6. The molecular formula is C25H31ClN4O3S2. The van der Waals surface area contributed by atoms with Gasteiger partial charge in [0.05, 0.1) is 15.1 Å². The molecule has 0 N–H and O–H groups in total. The topological polar surface area (TPSA) is 73.8 Å². The van der Waals surface area contributed by atoms with Gasteiger partial charge in [0.2, 0.25) is 10.0 Å². The van der Waals surface area contributed by atoms with E-state index in [4.69, 9.17) is 16.6 Å². The number of fused-ring (bicyclic) bond motifs is 1. The number of amides is 1. The molecular weight excluding hydrogens is 504 g/mol. The van der Waals surface area contributed by atoms with E-state index >= 15 is 0 Å². The molecule has 10 heteroatoms. The number of hydrogen-bond acceptors (Lipinski definition) is 6. The van der Waals surface area contributed by atoms with Crippen LogP contribution in [0, 0.1) is 12.8 Å². The number of piperidine rings is 1. The van der Waals surface area contributed by atoms with Crippen LogP contribution in [-0.2, 0) is 10.0 Å². The van der Waals surface area contributed by atoms with Crippen LogP contribution in [0.4, 0.5) is 5.13 Å². The van der Waals surface area contributed by atoms with Crippen LogP contribution < -0.4 is 4.90 Å². The molecule has 3 aromatic rings.